The van der Waals surface area contributed by atoms with Crippen LogP contribution in [-0.2, 0) is 4.79 Å². The van der Waals surface area contributed by atoms with Crippen molar-refractivity contribution in [2.24, 2.45) is 5.41 Å². The van der Waals surface area contributed by atoms with Crippen molar-refractivity contribution in [3.8, 4) is 0 Å². The summed E-state index contributed by atoms with van der Waals surface area (Å²) in [5.41, 5.74) is -0.731. The summed E-state index contributed by atoms with van der Waals surface area (Å²) in [6.07, 6.45) is -2.14. The average Bonchev–Trinajstić information content (AvgIpc) is 2.25. The van der Waals surface area contributed by atoms with E-state index in [0.29, 0.717) is 8.95 Å². The highest BCUT2D eigenvalue weighted by Crippen LogP contribution is 2.29. The molecule has 0 aliphatic heterocycles. The average molecular weight is 380 g/mol. The van der Waals surface area contributed by atoms with Crippen molar-refractivity contribution in [3.05, 3.63) is 32.7 Å². The molecule has 1 atom stereocenters. The molecule has 0 bridgehead atoms. The molecule has 18 heavy (non-hydrogen) atoms. The Hall–Kier alpha value is -0.550. The summed E-state index contributed by atoms with van der Waals surface area (Å²) in [5.74, 6) is -1.54. The first-order valence-electron chi connectivity index (χ1n) is 5.33. The molecule has 0 saturated heterocycles. The zero-order chi connectivity index (χ0) is 14.1. The number of rotatable bonds is 3. The van der Waals surface area contributed by atoms with Gasteiger partial charge in [0.1, 0.15) is 0 Å². The Kier molecular flexibility index (Phi) is 4.84. The number of alkyl halides is 1. The molecule has 0 heterocycles. The van der Waals surface area contributed by atoms with Crippen LogP contribution in [0.3, 0.4) is 0 Å². The van der Waals surface area contributed by atoms with Crippen molar-refractivity contribution in [2.75, 3.05) is 0 Å². The molecule has 0 aliphatic carbocycles. The fraction of sp³-hybridized carbons (Fsp3) is 0.385. The van der Waals surface area contributed by atoms with Gasteiger partial charge in [0.05, 0.1) is 0 Å². The lowest BCUT2D eigenvalue weighted by molar-refractivity contribution is -0.129. The molecule has 98 valence electrons. The van der Waals surface area contributed by atoms with Crippen LogP contribution in [0.1, 0.15) is 31.1 Å². The number of ketones is 2. The van der Waals surface area contributed by atoms with Crippen LogP contribution in [-0.4, -0.2) is 17.7 Å². The SMILES string of the molecule is CC(C)(C)C(=O)C(F)C(=O)c1c(Br)cccc1Br. The number of hydrogen-bond acceptors (Lipinski definition) is 2. The lowest BCUT2D eigenvalue weighted by Crippen LogP contribution is -2.35. The van der Waals surface area contributed by atoms with Gasteiger partial charge in [-0.05, 0) is 12.1 Å². The first kappa shape index (κ1) is 15.5. The molecule has 2 nitrogen and oxygen atoms in total. The maximum atomic E-state index is 14.0. The van der Waals surface area contributed by atoms with E-state index in [-0.39, 0.29) is 5.56 Å². The van der Waals surface area contributed by atoms with E-state index in [4.69, 9.17) is 0 Å². The minimum atomic E-state index is -2.14. The van der Waals surface area contributed by atoms with E-state index < -0.39 is 23.2 Å². The van der Waals surface area contributed by atoms with Gasteiger partial charge in [-0.2, -0.15) is 0 Å². The first-order chi connectivity index (χ1) is 8.16. The highest BCUT2D eigenvalue weighted by molar-refractivity contribution is 9.11. The summed E-state index contributed by atoms with van der Waals surface area (Å²) < 4.78 is 14.9. The second kappa shape index (κ2) is 5.61. The van der Waals surface area contributed by atoms with Gasteiger partial charge >= 0.3 is 0 Å². The van der Waals surface area contributed by atoms with Gasteiger partial charge in [-0.1, -0.05) is 58.7 Å². The second-order valence-electron chi connectivity index (χ2n) is 4.94. The fourth-order valence-electron chi connectivity index (χ4n) is 1.36. The first-order valence-corrected chi connectivity index (χ1v) is 6.91. The molecular formula is C13H13Br2FO2. The van der Waals surface area contributed by atoms with E-state index in [9.17, 15) is 14.0 Å². The summed E-state index contributed by atoms with van der Waals surface area (Å²) in [6.45, 7) is 4.76. The molecular weight excluding hydrogens is 367 g/mol. The largest absolute Gasteiger partial charge is 0.295 e. The van der Waals surface area contributed by atoms with Gasteiger partial charge in [-0.3, -0.25) is 9.59 Å². The third-order valence-corrected chi connectivity index (χ3v) is 3.73. The van der Waals surface area contributed by atoms with Crippen molar-refractivity contribution in [1.82, 2.24) is 0 Å². The summed E-state index contributed by atoms with van der Waals surface area (Å²) in [5, 5.41) is 0. The summed E-state index contributed by atoms with van der Waals surface area (Å²) >= 11 is 6.37. The second-order valence-corrected chi connectivity index (χ2v) is 6.65. The summed E-state index contributed by atoms with van der Waals surface area (Å²) in [6, 6.07) is 4.97. The number of hydrogen-bond donors (Lipinski definition) is 0. The van der Waals surface area contributed by atoms with E-state index in [2.05, 4.69) is 31.9 Å². The Morgan fingerprint density at radius 1 is 1.17 bits per heavy atom. The lowest BCUT2D eigenvalue weighted by Gasteiger charge is -2.19. The highest BCUT2D eigenvalue weighted by atomic mass is 79.9. The van der Waals surface area contributed by atoms with E-state index in [1.807, 2.05) is 0 Å². The van der Waals surface area contributed by atoms with E-state index >= 15 is 0 Å². The van der Waals surface area contributed by atoms with Crippen LogP contribution in [0.15, 0.2) is 27.1 Å². The molecule has 0 N–H and O–H groups in total. The Morgan fingerprint density at radius 2 is 1.61 bits per heavy atom. The standard InChI is InChI=1S/C13H13Br2FO2/c1-13(2,3)12(18)10(16)11(17)9-7(14)5-4-6-8(9)15/h4-6,10H,1-3H3. The smallest absolute Gasteiger partial charge is 0.221 e. The van der Waals surface area contributed by atoms with Crippen LogP contribution >= 0.6 is 31.9 Å². The molecule has 1 aromatic carbocycles. The number of carbonyl (C=O) groups is 2. The lowest BCUT2D eigenvalue weighted by atomic mass is 9.86. The maximum absolute atomic E-state index is 14.0. The molecule has 0 aromatic heterocycles. The van der Waals surface area contributed by atoms with E-state index in [1.54, 1.807) is 39.0 Å². The third-order valence-electron chi connectivity index (χ3n) is 2.41. The van der Waals surface area contributed by atoms with Crippen LogP contribution in [0.5, 0.6) is 0 Å². The third kappa shape index (κ3) is 3.26. The van der Waals surface area contributed by atoms with Gasteiger partial charge in [0.25, 0.3) is 0 Å². The predicted octanol–water partition coefficient (Wildman–Crippen LogP) is 4.35. The van der Waals surface area contributed by atoms with Gasteiger partial charge < -0.3 is 0 Å². The van der Waals surface area contributed by atoms with E-state index in [1.165, 1.54) is 0 Å². The molecule has 0 aliphatic rings. The molecule has 1 unspecified atom stereocenters. The number of carbonyl (C=O) groups excluding carboxylic acids is 2. The molecule has 0 saturated carbocycles. The van der Waals surface area contributed by atoms with Crippen LogP contribution in [0.4, 0.5) is 4.39 Å². The maximum Gasteiger partial charge on any atom is 0.221 e. The predicted molar refractivity (Wildman–Crippen MR) is 75.5 cm³/mol. The van der Waals surface area contributed by atoms with Crippen molar-refractivity contribution in [1.29, 1.82) is 0 Å². The molecule has 5 heteroatoms. The molecule has 0 radical (unpaired) electrons. The van der Waals surface area contributed by atoms with Crippen molar-refractivity contribution in [2.45, 2.75) is 26.9 Å². The molecule has 1 aromatic rings. The van der Waals surface area contributed by atoms with Crippen LogP contribution in [0.2, 0.25) is 0 Å². The van der Waals surface area contributed by atoms with Crippen molar-refractivity contribution in [3.63, 3.8) is 0 Å². The Bertz CT molecular complexity index is 472. The van der Waals surface area contributed by atoms with E-state index in [0.717, 1.165) is 0 Å². The minimum absolute atomic E-state index is 0.155. The van der Waals surface area contributed by atoms with Gasteiger partial charge in [0.15, 0.2) is 5.78 Å². The summed E-state index contributed by atoms with van der Waals surface area (Å²) in [7, 11) is 0. The highest BCUT2D eigenvalue weighted by Gasteiger charge is 2.36. The van der Waals surface area contributed by atoms with Gasteiger partial charge in [-0.25, -0.2) is 4.39 Å². The van der Waals surface area contributed by atoms with Crippen LogP contribution in [0.25, 0.3) is 0 Å². The molecule has 1 rings (SSSR count). The Balaban J connectivity index is 3.13. The molecule has 0 amide bonds. The Labute approximate surface area is 122 Å². The zero-order valence-corrected chi connectivity index (χ0v) is 13.4. The summed E-state index contributed by atoms with van der Waals surface area (Å²) in [4.78, 5) is 23.8. The van der Waals surface area contributed by atoms with Crippen molar-refractivity contribution >= 4 is 43.4 Å². The van der Waals surface area contributed by atoms with Gasteiger partial charge in [0.2, 0.25) is 12.0 Å². The quantitative estimate of drug-likeness (QED) is 0.578. The fourth-order valence-corrected chi connectivity index (χ4v) is 2.75. The normalized spacial score (nSPS) is 13.2. The number of Topliss-reactive ketones (excluding diaryl/α,β-unsaturated/α-hetero) is 2. The van der Waals surface area contributed by atoms with Gasteiger partial charge in [-0.15, -0.1) is 0 Å². The minimum Gasteiger partial charge on any atom is -0.295 e. The number of benzene rings is 1. The molecule has 0 fully saturated rings. The van der Waals surface area contributed by atoms with Crippen molar-refractivity contribution < 1.29 is 14.0 Å². The number of halogens is 3. The monoisotopic (exact) mass is 378 g/mol. The van der Waals surface area contributed by atoms with Crippen LogP contribution in [0, 0.1) is 5.41 Å². The topological polar surface area (TPSA) is 34.1 Å². The van der Waals surface area contributed by atoms with Gasteiger partial charge in [0, 0.05) is 19.9 Å². The van der Waals surface area contributed by atoms with Crippen LogP contribution < -0.4 is 0 Å². The zero-order valence-electron chi connectivity index (χ0n) is 10.3. The Morgan fingerprint density at radius 3 is 2.00 bits per heavy atom. The molecule has 0 spiro atoms.